The molecule has 6 heteroatoms. The normalized spacial score (nSPS) is 18.5. The van der Waals surface area contributed by atoms with Crippen molar-refractivity contribution in [2.45, 2.75) is 45.8 Å². The SMILES string of the molecule is CCOc1cc2c(cc1CN(Cc1cccnc1)C[C@@H]1CCCN1CC)OCO2. The van der Waals surface area contributed by atoms with E-state index in [1.165, 1.54) is 24.9 Å². The van der Waals surface area contributed by atoms with Gasteiger partial charge in [0.05, 0.1) is 6.61 Å². The Morgan fingerprint density at radius 1 is 1.21 bits per heavy atom. The van der Waals surface area contributed by atoms with Gasteiger partial charge in [0.15, 0.2) is 11.5 Å². The number of fused-ring (bicyclic) bond motifs is 1. The summed E-state index contributed by atoms with van der Waals surface area (Å²) in [4.78, 5) is 9.41. The van der Waals surface area contributed by atoms with Gasteiger partial charge in [-0.1, -0.05) is 13.0 Å². The maximum Gasteiger partial charge on any atom is 0.231 e. The standard InChI is InChI=1S/C23H31N3O3/c1-3-26-10-6-8-20(26)16-25(14-18-7-5-9-24-13-18)15-19-11-22-23(29-17-28-22)12-21(19)27-4-2/h5,7,9,11-13,20H,3-4,6,8,10,14-17H2,1-2H3/t20-/m0/s1. The molecule has 1 aromatic heterocycles. The Morgan fingerprint density at radius 3 is 2.83 bits per heavy atom. The van der Waals surface area contributed by atoms with E-state index < -0.39 is 0 Å². The average Bonchev–Trinajstić information content (AvgIpc) is 3.37. The van der Waals surface area contributed by atoms with E-state index in [1.54, 1.807) is 0 Å². The van der Waals surface area contributed by atoms with E-state index >= 15 is 0 Å². The van der Waals surface area contributed by atoms with Crippen molar-refractivity contribution in [3.63, 3.8) is 0 Å². The number of hydrogen-bond donors (Lipinski definition) is 0. The molecule has 29 heavy (non-hydrogen) atoms. The number of hydrogen-bond acceptors (Lipinski definition) is 6. The third-order valence-corrected chi connectivity index (χ3v) is 5.75. The Bertz CT molecular complexity index is 799. The highest BCUT2D eigenvalue weighted by Gasteiger charge is 2.26. The van der Waals surface area contributed by atoms with Gasteiger partial charge in [-0.05, 0) is 50.6 Å². The second kappa shape index (κ2) is 9.46. The maximum absolute atomic E-state index is 5.94. The van der Waals surface area contributed by atoms with Crippen molar-refractivity contribution in [2.75, 3.05) is 33.0 Å². The number of aromatic nitrogens is 1. The van der Waals surface area contributed by atoms with Gasteiger partial charge in [0.1, 0.15) is 5.75 Å². The second-order valence-corrected chi connectivity index (χ2v) is 7.70. The molecular formula is C23H31N3O3. The van der Waals surface area contributed by atoms with Crippen LogP contribution in [0.4, 0.5) is 0 Å². The van der Waals surface area contributed by atoms with Crippen molar-refractivity contribution in [1.29, 1.82) is 0 Å². The van der Waals surface area contributed by atoms with Crippen molar-refractivity contribution >= 4 is 0 Å². The van der Waals surface area contributed by atoms with Crippen LogP contribution in [0.15, 0.2) is 36.7 Å². The third-order valence-electron chi connectivity index (χ3n) is 5.75. The molecule has 0 radical (unpaired) electrons. The average molecular weight is 398 g/mol. The van der Waals surface area contributed by atoms with Crippen molar-refractivity contribution in [2.24, 2.45) is 0 Å². The molecule has 1 aromatic carbocycles. The predicted octanol–water partition coefficient (Wildman–Crippen LogP) is 3.70. The Kier molecular flexibility index (Phi) is 6.52. The van der Waals surface area contributed by atoms with Crippen LogP contribution in [0, 0.1) is 0 Å². The molecule has 0 aliphatic carbocycles. The Morgan fingerprint density at radius 2 is 2.07 bits per heavy atom. The molecule has 1 fully saturated rings. The molecule has 0 amide bonds. The summed E-state index contributed by atoms with van der Waals surface area (Å²) >= 11 is 0. The summed E-state index contributed by atoms with van der Waals surface area (Å²) in [6.45, 7) is 10.2. The van der Waals surface area contributed by atoms with Crippen molar-refractivity contribution < 1.29 is 14.2 Å². The van der Waals surface area contributed by atoms with E-state index in [9.17, 15) is 0 Å². The minimum Gasteiger partial charge on any atom is -0.493 e. The number of nitrogens with zero attached hydrogens (tertiary/aromatic N) is 3. The Balaban J connectivity index is 1.57. The van der Waals surface area contributed by atoms with Gasteiger partial charge < -0.3 is 14.2 Å². The third kappa shape index (κ3) is 4.82. The Hall–Kier alpha value is -2.31. The highest BCUT2D eigenvalue weighted by molar-refractivity contribution is 5.51. The lowest BCUT2D eigenvalue weighted by atomic mass is 10.1. The van der Waals surface area contributed by atoms with Crippen molar-refractivity contribution in [3.05, 3.63) is 47.8 Å². The van der Waals surface area contributed by atoms with Crippen LogP contribution in [0.3, 0.4) is 0 Å². The monoisotopic (exact) mass is 397 g/mol. The minimum absolute atomic E-state index is 0.275. The molecule has 4 rings (SSSR count). The number of likely N-dealkylation sites (tertiary alicyclic amines) is 1. The molecule has 156 valence electrons. The van der Waals surface area contributed by atoms with E-state index in [0.29, 0.717) is 12.6 Å². The molecule has 1 saturated heterocycles. The summed E-state index contributed by atoms with van der Waals surface area (Å²) in [6, 6.07) is 8.80. The van der Waals surface area contributed by atoms with E-state index in [4.69, 9.17) is 14.2 Å². The molecule has 2 aromatic rings. The van der Waals surface area contributed by atoms with Gasteiger partial charge in [0, 0.05) is 49.7 Å². The van der Waals surface area contributed by atoms with Gasteiger partial charge in [-0.2, -0.15) is 0 Å². The zero-order chi connectivity index (χ0) is 20.1. The summed E-state index contributed by atoms with van der Waals surface area (Å²) in [6.07, 6.45) is 6.33. The smallest absolute Gasteiger partial charge is 0.231 e. The van der Waals surface area contributed by atoms with Crippen LogP contribution in [-0.4, -0.2) is 53.9 Å². The fraction of sp³-hybridized carbons (Fsp3) is 0.522. The topological polar surface area (TPSA) is 47.1 Å². The summed E-state index contributed by atoms with van der Waals surface area (Å²) in [7, 11) is 0. The molecule has 0 spiro atoms. The van der Waals surface area contributed by atoms with Crippen molar-refractivity contribution in [3.8, 4) is 17.2 Å². The van der Waals surface area contributed by atoms with Crippen LogP contribution >= 0.6 is 0 Å². The van der Waals surface area contributed by atoms with Crippen LogP contribution < -0.4 is 14.2 Å². The van der Waals surface area contributed by atoms with Crippen LogP contribution in [0.1, 0.15) is 37.8 Å². The highest BCUT2D eigenvalue weighted by Crippen LogP contribution is 2.39. The molecule has 0 saturated carbocycles. The van der Waals surface area contributed by atoms with Crippen LogP contribution in [-0.2, 0) is 13.1 Å². The lowest BCUT2D eigenvalue weighted by molar-refractivity contribution is 0.164. The zero-order valence-electron chi connectivity index (χ0n) is 17.5. The summed E-state index contributed by atoms with van der Waals surface area (Å²) in [5, 5.41) is 0. The Labute approximate surface area is 173 Å². The van der Waals surface area contributed by atoms with Gasteiger partial charge in [-0.25, -0.2) is 0 Å². The van der Waals surface area contributed by atoms with Gasteiger partial charge in [0.2, 0.25) is 6.79 Å². The largest absolute Gasteiger partial charge is 0.493 e. The van der Waals surface area contributed by atoms with Gasteiger partial charge in [-0.3, -0.25) is 14.8 Å². The maximum atomic E-state index is 5.94. The fourth-order valence-electron chi connectivity index (χ4n) is 4.37. The molecule has 2 aliphatic rings. The molecule has 2 aliphatic heterocycles. The van der Waals surface area contributed by atoms with E-state index in [1.807, 2.05) is 31.5 Å². The molecule has 0 unspecified atom stereocenters. The quantitative estimate of drug-likeness (QED) is 0.643. The van der Waals surface area contributed by atoms with Gasteiger partial charge in [0.25, 0.3) is 0 Å². The fourth-order valence-corrected chi connectivity index (χ4v) is 4.37. The number of ether oxygens (including phenoxy) is 3. The first-order valence-electron chi connectivity index (χ1n) is 10.7. The summed E-state index contributed by atoms with van der Waals surface area (Å²) < 4.78 is 17.1. The molecule has 0 N–H and O–H groups in total. The first-order valence-corrected chi connectivity index (χ1v) is 10.7. The van der Waals surface area contributed by atoms with Gasteiger partial charge >= 0.3 is 0 Å². The number of pyridine rings is 1. The molecule has 6 nitrogen and oxygen atoms in total. The molecular weight excluding hydrogens is 366 g/mol. The lowest BCUT2D eigenvalue weighted by Crippen LogP contribution is -2.39. The first-order chi connectivity index (χ1) is 14.3. The van der Waals surface area contributed by atoms with Crippen LogP contribution in [0.25, 0.3) is 0 Å². The van der Waals surface area contributed by atoms with E-state index in [2.05, 4.69) is 33.8 Å². The van der Waals surface area contributed by atoms with Crippen LogP contribution in [0.2, 0.25) is 0 Å². The molecule has 3 heterocycles. The number of benzene rings is 1. The van der Waals surface area contributed by atoms with Crippen molar-refractivity contribution in [1.82, 2.24) is 14.8 Å². The van der Waals surface area contributed by atoms with E-state index in [0.717, 1.165) is 49.0 Å². The van der Waals surface area contributed by atoms with Crippen LogP contribution in [0.5, 0.6) is 17.2 Å². The number of likely N-dealkylation sites (N-methyl/N-ethyl adjacent to an activating group) is 1. The predicted molar refractivity (Wildman–Crippen MR) is 112 cm³/mol. The minimum atomic E-state index is 0.275. The summed E-state index contributed by atoms with van der Waals surface area (Å²) in [5.41, 5.74) is 2.37. The highest BCUT2D eigenvalue weighted by atomic mass is 16.7. The second-order valence-electron chi connectivity index (χ2n) is 7.70. The van der Waals surface area contributed by atoms with Gasteiger partial charge in [-0.15, -0.1) is 0 Å². The zero-order valence-corrected chi connectivity index (χ0v) is 17.5. The van der Waals surface area contributed by atoms with E-state index in [-0.39, 0.29) is 6.79 Å². The molecule has 0 bridgehead atoms. The summed E-state index contributed by atoms with van der Waals surface area (Å²) in [5.74, 6) is 2.46. The first kappa shape index (κ1) is 20.0. The number of rotatable bonds is 9. The lowest BCUT2D eigenvalue weighted by Gasteiger charge is -2.31. The molecule has 1 atom stereocenters.